The third-order valence-electron chi connectivity index (χ3n) is 3.02. The lowest BCUT2D eigenvalue weighted by atomic mass is 10.2. The number of nitrogens with one attached hydrogen (secondary N) is 2. The Morgan fingerprint density at radius 1 is 1.55 bits per heavy atom. The molecule has 2 N–H and O–H groups in total. The van der Waals surface area contributed by atoms with Gasteiger partial charge in [-0.05, 0) is 6.92 Å². The Morgan fingerprint density at radius 2 is 2.40 bits per heavy atom. The highest BCUT2D eigenvalue weighted by atomic mass is 16.2. The third-order valence-corrected chi connectivity index (χ3v) is 3.02. The zero-order valence-corrected chi connectivity index (χ0v) is 11.5. The van der Waals surface area contributed by atoms with Gasteiger partial charge in [-0.25, -0.2) is 0 Å². The number of nitrogens with zero attached hydrogens (tertiary/aromatic N) is 3. The Hall–Kier alpha value is -2.02. The van der Waals surface area contributed by atoms with Crippen molar-refractivity contribution in [3.63, 3.8) is 0 Å². The van der Waals surface area contributed by atoms with Crippen LogP contribution in [0.15, 0.2) is 18.6 Å². The van der Waals surface area contributed by atoms with E-state index in [4.69, 9.17) is 0 Å². The first-order valence-corrected chi connectivity index (χ1v) is 6.67. The molecule has 7 nitrogen and oxygen atoms in total. The Morgan fingerprint density at radius 3 is 3.10 bits per heavy atom. The van der Waals surface area contributed by atoms with Crippen molar-refractivity contribution in [2.24, 2.45) is 0 Å². The predicted molar refractivity (Wildman–Crippen MR) is 72.8 cm³/mol. The predicted octanol–water partition coefficient (Wildman–Crippen LogP) is -1.04. The van der Waals surface area contributed by atoms with E-state index in [0.717, 1.165) is 5.69 Å². The molecule has 108 valence electrons. The second kappa shape index (κ2) is 6.95. The van der Waals surface area contributed by atoms with Gasteiger partial charge < -0.3 is 10.6 Å². The van der Waals surface area contributed by atoms with Gasteiger partial charge in [0.15, 0.2) is 0 Å². The average molecular weight is 277 g/mol. The van der Waals surface area contributed by atoms with Crippen molar-refractivity contribution in [3.8, 4) is 0 Å². The molecule has 0 aliphatic carbocycles. The molecular weight excluding hydrogens is 258 g/mol. The molecule has 0 aromatic carbocycles. The first-order chi connectivity index (χ1) is 9.63. The van der Waals surface area contributed by atoms with E-state index in [2.05, 4.69) is 20.6 Å². The molecule has 1 fully saturated rings. The smallest absolute Gasteiger partial charge is 0.234 e. The standard InChI is InChI=1S/C13H19N5O2/c1-10(6-11-7-14-2-3-15-11)17-13(20)9-18-5-4-16-12(19)8-18/h2-3,7,10H,4-6,8-9H2,1H3,(H,16,19)(H,17,20). The Labute approximate surface area is 117 Å². The Balaban J connectivity index is 1.75. The van der Waals surface area contributed by atoms with Gasteiger partial charge in [-0.1, -0.05) is 0 Å². The highest BCUT2D eigenvalue weighted by Gasteiger charge is 2.19. The fourth-order valence-electron chi connectivity index (χ4n) is 2.15. The summed E-state index contributed by atoms with van der Waals surface area (Å²) in [6.07, 6.45) is 5.59. The molecule has 1 aliphatic heterocycles. The fourth-order valence-corrected chi connectivity index (χ4v) is 2.15. The summed E-state index contributed by atoms with van der Waals surface area (Å²) in [7, 11) is 0. The molecule has 0 saturated carbocycles. The second-order valence-electron chi connectivity index (χ2n) is 4.93. The van der Waals surface area contributed by atoms with Crippen molar-refractivity contribution in [1.82, 2.24) is 25.5 Å². The molecule has 1 atom stereocenters. The van der Waals surface area contributed by atoms with Gasteiger partial charge in [0, 0.05) is 44.1 Å². The Kier molecular flexibility index (Phi) is 5.00. The lowest BCUT2D eigenvalue weighted by Gasteiger charge is -2.26. The van der Waals surface area contributed by atoms with Crippen molar-refractivity contribution >= 4 is 11.8 Å². The SMILES string of the molecule is CC(Cc1cnccn1)NC(=O)CN1CCNC(=O)C1. The molecule has 0 spiro atoms. The number of rotatable bonds is 5. The van der Waals surface area contributed by atoms with Crippen LogP contribution in [0.1, 0.15) is 12.6 Å². The summed E-state index contributed by atoms with van der Waals surface area (Å²) in [6.45, 7) is 3.76. The van der Waals surface area contributed by atoms with Gasteiger partial charge in [-0.15, -0.1) is 0 Å². The van der Waals surface area contributed by atoms with Gasteiger partial charge in [0.1, 0.15) is 0 Å². The van der Waals surface area contributed by atoms with E-state index in [1.54, 1.807) is 18.6 Å². The van der Waals surface area contributed by atoms with E-state index in [9.17, 15) is 9.59 Å². The first kappa shape index (κ1) is 14.4. The van der Waals surface area contributed by atoms with Crippen molar-refractivity contribution < 1.29 is 9.59 Å². The van der Waals surface area contributed by atoms with Crippen molar-refractivity contribution in [3.05, 3.63) is 24.3 Å². The van der Waals surface area contributed by atoms with Crippen LogP contribution >= 0.6 is 0 Å². The molecule has 1 aromatic heterocycles. The van der Waals surface area contributed by atoms with Crippen LogP contribution in [0.2, 0.25) is 0 Å². The molecule has 7 heteroatoms. The van der Waals surface area contributed by atoms with E-state index < -0.39 is 0 Å². The highest BCUT2D eigenvalue weighted by Crippen LogP contribution is 1.98. The van der Waals surface area contributed by atoms with Crippen LogP contribution in [-0.2, 0) is 16.0 Å². The number of aromatic nitrogens is 2. The van der Waals surface area contributed by atoms with Crippen LogP contribution in [0.5, 0.6) is 0 Å². The lowest BCUT2D eigenvalue weighted by Crippen LogP contribution is -2.51. The van der Waals surface area contributed by atoms with E-state index in [-0.39, 0.29) is 30.9 Å². The number of hydrogen-bond donors (Lipinski definition) is 2. The minimum absolute atomic E-state index is 0.0159. The van der Waals surface area contributed by atoms with Gasteiger partial charge in [-0.2, -0.15) is 0 Å². The summed E-state index contributed by atoms with van der Waals surface area (Å²) in [4.78, 5) is 33.1. The minimum Gasteiger partial charge on any atom is -0.354 e. The summed E-state index contributed by atoms with van der Waals surface area (Å²) in [5.41, 5.74) is 0.845. The summed E-state index contributed by atoms with van der Waals surface area (Å²) in [6, 6.07) is -0.0159. The third kappa shape index (κ3) is 4.58. The first-order valence-electron chi connectivity index (χ1n) is 6.67. The van der Waals surface area contributed by atoms with E-state index in [1.807, 2.05) is 11.8 Å². The number of carbonyl (C=O) groups excluding carboxylic acids is 2. The van der Waals surface area contributed by atoms with Crippen molar-refractivity contribution in [1.29, 1.82) is 0 Å². The van der Waals surface area contributed by atoms with Crippen LogP contribution in [-0.4, -0.2) is 58.9 Å². The zero-order chi connectivity index (χ0) is 14.4. The maximum absolute atomic E-state index is 11.9. The topological polar surface area (TPSA) is 87.2 Å². The summed E-state index contributed by atoms with van der Waals surface area (Å²) in [5.74, 6) is -0.104. The molecule has 1 saturated heterocycles. The normalized spacial score (nSPS) is 17.4. The number of carbonyl (C=O) groups is 2. The van der Waals surface area contributed by atoms with Crippen molar-refractivity contribution in [2.45, 2.75) is 19.4 Å². The zero-order valence-electron chi connectivity index (χ0n) is 11.5. The van der Waals surface area contributed by atoms with E-state index in [0.29, 0.717) is 19.5 Å². The second-order valence-corrected chi connectivity index (χ2v) is 4.93. The molecule has 2 heterocycles. The van der Waals surface area contributed by atoms with E-state index >= 15 is 0 Å². The minimum atomic E-state index is -0.0731. The van der Waals surface area contributed by atoms with Crippen LogP contribution in [0, 0.1) is 0 Å². The van der Waals surface area contributed by atoms with E-state index in [1.165, 1.54) is 0 Å². The summed E-state index contributed by atoms with van der Waals surface area (Å²) in [5, 5.41) is 5.64. The maximum atomic E-state index is 11.9. The van der Waals surface area contributed by atoms with Crippen LogP contribution in [0.25, 0.3) is 0 Å². The highest BCUT2D eigenvalue weighted by molar-refractivity contribution is 5.81. The number of amides is 2. The largest absolute Gasteiger partial charge is 0.354 e. The van der Waals surface area contributed by atoms with Crippen LogP contribution in [0.3, 0.4) is 0 Å². The van der Waals surface area contributed by atoms with Crippen molar-refractivity contribution in [2.75, 3.05) is 26.2 Å². The average Bonchev–Trinajstić information content (AvgIpc) is 2.39. The maximum Gasteiger partial charge on any atom is 0.234 e. The summed E-state index contributed by atoms with van der Waals surface area (Å²) >= 11 is 0. The van der Waals surface area contributed by atoms with Gasteiger partial charge >= 0.3 is 0 Å². The lowest BCUT2D eigenvalue weighted by molar-refractivity contribution is -0.127. The quantitative estimate of drug-likeness (QED) is 0.717. The molecule has 1 unspecified atom stereocenters. The van der Waals surface area contributed by atoms with Crippen LogP contribution in [0.4, 0.5) is 0 Å². The molecule has 1 aliphatic rings. The number of piperazine rings is 1. The molecule has 2 rings (SSSR count). The van der Waals surface area contributed by atoms with Crippen LogP contribution < -0.4 is 10.6 Å². The molecule has 0 bridgehead atoms. The fraction of sp³-hybridized carbons (Fsp3) is 0.538. The molecule has 1 aromatic rings. The Bertz CT molecular complexity index is 465. The summed E-state index contributed by atoms with van der Waals surface area (Å²) < 4.78 is 0. The molecule has 2 amide bonds. The van der Waals surface area contributed by atoms with Gasteiger partial charge in [0.2, 0.25) is 11.8 Å². The van der Waals surface area contributed by atoms with Gasteiger partial charge in [0.25, 0.3) is 0 Å². The molecule has 20 heavy (non-hydrogen) atoms. The molecule has 0 radical (unpaired) electrons. The van der Waals surface area contributed by atoms with Gasteiger partial charge in [-0.3, -0.25) is 24.5 Å². The monoisotopic (exact) mass is 277 g/mol. The molecular formula is C13H19N5O2. The number of hydrogen-bond acceptors (Lipinski definition) is 5. The van der Waals surface area contributed by atoms with Gasteiger partial charge in [0.05, 0.1) is 18.8 Å².